The Hall–Kier alpha value is -4.85. The van der Waals surface area contributed by atoms with Gasteiger partial charge in [0.05, 0.1) is 31.3 Å². The fourth-order valence-electron chi connectivity index (χ4n) is 15.3. The molecule has 10 rings (SSSR count). The van der Waals surface area contributed by atoms with E-state index in [0.29, 0.717) is 40.2 Å². The van der Waals surface area contributed by atoms with Crippen LogP contribution in [0.4, 0.5) is 9.18 Å². The predicted octanol–water partition coefficient (Wildman–Crippen LogP) is 14.5. The van der Waals surface area contributed by atoms with Crippen molar-refractivity contribution in [3.05, 3.63) is 106 Å². The molecule has 0 aromatic heterocycles. The van der Waals surface area contributed by atoms with Crippen LogP contribution in [-0.2, 0) is 35.4 Å². The first-order chi connectivity index (χ1) is 40.2. The Morgan fingerprint density at radius 3 is 1.58 bits per heavy atom. The second-order valence-corrected chi connectivity index (χ2v) is 30.4. The van der Waals surface area contributed by atoms with Crippen molar-refractivity contribution in [1.82, 2.24) is 35.1 Å². The van der Waals surface area contributed by atoms with Crippen molar-refractivity contribution in [2.75, 3.05) is 85.6 Å². The first-order valence-corrected chi connectivity index (χ1v) is 33.1. The lowest BCUT2D eigenvalue weighted by molar-refractivity contribution is -0.130. The van der Waals surface area contributed by atoms with E-state index in [1.807, 2.05) is 20.0 Å². The number of nitrogens with one attached hydrogen (secondary N) is 2. The summed E-state index contributed by atoms with van der Waals surface area (Å²) in [5.41, 5.74) is 9.65. The smallest absolute Gasteiger partial charge is 0.410 e. The molecule has 474 valence electrons. The van der Waals surface area contributed by atoms with Crippen molar-refractivity contribution in [3.8, 4) is 0 Å². The number of rotatable bonds is 12. The summed E-state index contributed by atoms with van der Waals surface area (Å²) in [6, 6.07) is 23.2. The van der Waals surface area contributed by atoms with Crippen molar-refractivity contribution < 1.29 is 31.2 Å². The van der Waals surface area contributed by atoms with E-state index in [9.17, 15) is 23.6 Å². The number of hydrogen-bond acceptors (Lipinski definition) is 8. The van der Waals surface area contributed by atoms with Crippen molar-refractivity contribution in [3.63, 3.8) is 0 Å². The zero-order chi connectivity index (χ0) is 61.4. The fraction of sp³-hybridized carbons (Fsp3) is 0.694. The van der Waals surface area contributed by atoms with Crippen LogP contribution >= 0.6 is 0 Å². The molecule has 0 unspecified atom stereocenters. The Labute approximate surface area is 515 Å². The van der Waals surface area contributed by atoms with Gasteiger partial charge in [-0.1, -0.05) is 117 Å². The molecule has 3 aromatic rings. The van der Waals surface area contributed by atoms with Crippen molar-refractivity contribution >= 4 is 23.8 Å². The minimum atomic E-state index is -0.228. The summed E-state index contributed by atoms with van der Waals surface area (Å²) in [5, 5.41) is 5.57. The number of halogens is 1. The maximum atomic E-state index is 14.2. The topological polar surface area (TPSA) is 118 Å². The third-order valence-corrected chi connectivity index (χ3v) is 20.8. The Bertz CT molecular complexity index is 2730. The number of carbonyl (C=O) groups is 4. The molecule has 85 heavy (non-hydrogen) atoms. The summed E-state index contributed by atoms with van der Waals surface area (Å²) in [4.78, 5) is 59.8. The highest BCUT2D eigenvalue weighted by molar-refractivity contribution is 5.84. The van der Waals surface area contributed by atoms with Gasteiger partial charge in [-0.05, 0) is 247 Å². The van der Waals surface area contributed by atoms with Crippen LogP contribution in [0.3, 0.4) is 0 Å². The van der Waals surface area contributed by atoms with Gasteiger partial charge in [0.1, 0.15) is 5.82 Å². The molecule has 2 N–H and O–H groups in total. The van der Waals surface area contributed by atoms with Crippen molar-refractivity contribution in [2.45, 2.75) is 220 Å². The third kappa shape index (κ3) is 17.1. The zero-order valence-electron chi connectivity index (χ0n) is 54.7. The monoisotopic (exact) mass is 1180 g/mol. The van der Waals surface area contributed by atoms with E-state index in [1.165, 1.54) is 120 Å². The Morgan fingerprint density at radius 1 is 0.624 bits per heavy atom. The van der Waals surface area contributed by atoms with Crippen LogP contribution in [0.2, 0.25) is 0 Å². The fourth-order valence-corrected chi connectivity index (χ4v) is 15.3. The second kappa shape index (κ2) is 28.1. The molecular formula is C72H114FN7O5. The van der Waals surface area contributed by atoms with Gasteiger partial charge in [-0.15, -0.1) is 0 Å². The summed E-state index contributed by atoms with van der Waals surface area (Å²) in [6.45, 7) is 35.9. The molecule has 4 fully saturated rings. The molecule has 4 amide bonds. The molecule has 3 spiro atoms. The first-order valence-electron chi connectivity index (χ1n) is 33.1. The standard InChI is InChI=1S/C24H36FN3O2.C24H38N2O2.C24H36N2O.2H2/c1-17(29)26-16-22(30)27-21-7-8-24(20-15-18(25)5-6-19(20)21)10-13-28(14-11-24)12-9-23(2,3)4;1-6-28-22(27)25(5)21-11-12-24(20-10-8-7-9-19(20)21)14-17-26(18-15-24)16-13-23(2,3)4;1-23(2,3)12-16-25-17-13-24(14-18-25)11-10-21(26-15-6-9-22(26)27)19-7-4-5-8-20(19)24;;/h5-6,15,21H,7-14,16H2,1-4H3,(H,26,29)(H,27,30);7-10,21H,6,11-18H2,1-5H3;4-5,7-8,21H,6,9-18H2,1-3H3;2*1H/t3*21-;;/m100../s1. The molecule has 0 saturated carbocycles. The van der Waals surface area contributed by atoms with E-state index >= 15 is 0 Å². The van der Waals surface area contributed by atoms with Crippen LogP contribution in [0.15, 0.2) is 66.7 Å². The lowest BCUT2D eigenvalue weighted by Gasteiger charge is -2.48. The largest absolute Gasteiger partial charge is 0.450 e. The van der Waals surface area contributed by atoms with Crippen LogP contribution in [0, 0.1) is 22.1 Å². The van der Waals surface area contributed by atoms with Crippen molar-refractivity contribution in [1.29, 1.82) is 0 Å². The quantitative estimate of drug-likeness (QED) is 0.184. The number of nitrogens with zero attached hydrogens (tertiary/aromatic N) is 5. The normalized spacial score (nSPS) is 22.9. The van der Waals surface area contributed by atoms with Gasteiger partial charge in [0.25, 0.3) is 0 Å². The highest BCUT2D eigenvalue weighted by Crippen LogP contribution is 2.52. The van der Waals surface area contributed by atoms with E-state index in [0.717, 1.165) is 95.1 Å². The molecule has 3 atom stereocenters. The molecule has 12 nitrogen and oxygen atoms in total. The van der Waals surface area contributed by atoms with Gasteiger partial charge in [-0.2, -0.15) is 0 Å². The predicted molar refractivity (Wildman–Crippen MR) is 346 cm³/mol. The SMILES string of the molecule is CC(=O)NCC(=O)N[C@@H]1CCC2(CCN(CCC(C)(C)C)CC2)c2cc(F)ccc21.CC(C)(C)CCN1CCC2(CC[C@H](N3CCCC3=O)c3ccccc32)CC1.CCOC(=O)N(C)[C@H]1CCC2(CCN(CCC(C)(C)C)CC2)c2ccccc21.[HH].[HH]. The number of piperidine rings is 3. The Kier molecular flexibility index (Phi) is 21.9. The second-order valence-electron chi connectivity index (χ2n) is 30.4. The van der Waals surface area contributed by atoms with E-state index < -0.39 is 0 Å². The Morgan fingerprint density at radius 2 is 1.09 bits per heavy atom. The van der Waals surface area contributed by atoms with E-state index in [4.69, 9.17) is 4.74 Å². The van der Waals surface area contributed by atoms with Gasteiger partial charge in [-0.25, -0.2) is 9.18 Å². The van der Waals surface area contributed by atoms with Gasteiger partial charge in [0.2, 0.25) is 17.7 Å². The van der Waals surface area contributed by atoms with Gasteiger partial charge in [0, 0.05) is 29.8 Å². The van der Waals surface area contributed by atoms with E-state index in [1.54, 1.807) is 16.5 Å². The van der Waals surface area contributed by atoms with E-state index in [2.05, 4.69) is 141 Å². The molecule has 4 saturated heterocycles. The molecule has 0 bridgehead atoms. The van der Waals surface area contributed by atoms with Crippen LogP contribution in [0.1, 0.15) is 240 Å². The van der Waals surface area contributed by atoms with Gasteiger partial charge < -0.3 is 39.9 Å². The number of benzene rings is 3. The van der Waals surface area contributed by atoms with Gasteiger partial charge in [-0.3, -0.25) is 14.4 Å². The number of fused-ring (bicyclic) bond motifs is 6. The molecule has 0 radical (unpaired) electrons. The maximum Gasteiger partial charge on any atom is 0.410 e. The highest BCUT2D eigenvalue weighted by atomic mass is 19.1. The minimum absolute atomic E-state index is 0. The molecule has 7 aliphatic rings. The average molecular weight is 1180 g/mol. The van der Waals surface area contributed by atoms with Crippen LogP contribution in [-0.4, -0.2) is 134 Å². The molecular weight excluding hydrogens is 1060 g/mol. The lowest BCUT2D eigenvalue weighted by atomic mass is 9.63. The summed E-state index contributed by atoms with van der Waals surface area (Å²) in [5.74, 6) is -0.289. The highest BCUT2D eigenvalue weighted by Gasteiger charge is 2.47. The number of likely N-dealkylation sites (tertiary alicyclic amines) is 4. The zero-order valence-corrected chi connectivity index (χ0v) is 54.7. The molecule has 13 heteroatoms. The van der Waals surface area contributed by atoms with Gasteiger partial charge >= 0.3 is 6.09 Å². The van der Waals surface area contributed by atoms with Crippen LogP contribution in [0.5, 0.6) is 0 Å². The lowest BCUT2D eigenvalue weighted by Crippen LogP contribution is -2.47. The summed E-state index contributed by atoms with van der Waals surface area (Å²) in [6.07, 6.45) is 18.7. The first kappa shape index (κ1) is 66.1. The van der Waals surface area contributed by atoms with E-state index in [-0.39, 0.29) is 56.0 Å². The summed E-state index contributed by atoms with van der Waals surface area (Å²) >= 11 is 0. The summed E-state index contributed by atoms with van der Waals surface area (Å²) in [7, 11) is 1.88. The number of amides is 4. The van der Waals surface area contributed by atoms with Crippen LogP contribution < -0.4 is 10.6 Å². The molecule has 3 aliphatic carbocycles. The number of carbonyl (C=O) groups excluding carboxylic acids is 4. The minimum Gasteiger partial charge on any atom is -0.450 e. The number of ether oxygens (including phenoxy) is 1. The molecule has 4 aliphatic heterocycles. The van der Waals surface area contributed by atoms with Crippen LogP contribution in [0.25, 0.3) is 0 Å². The van der Waals surface area contributed by atoms with Crippen molar-refractivity contribution in [2.24, 2.45) is 16.2 Å². The molecule has 4 heterocycles. The number of hydrogen-bond donors (Lipinski definition) is 2. The third-order valence-electron chi connectivity index (χ3n) is 20.8. The Balaban J connectivity index is 0.000000206. The average Bonchev–Trinajstić information content (AvgIpc) is 1.71. The molecule has 3 aromatic carbocycles. The van der Waals surface area contributed by atoms with Gasteiger partial charge in [0.15, 0.2) is 0 Å². The summed E-state index contributed by atoms with van der Waals surface area (Å²) < 4.78 is 19.5. The maximum absolute atomic E-state index is 14.2.